The minimum atomic E-state index is -0.894. The van der Waals surface area contributed by atoms with E-state index in [0.717, 1.165) is 13.1 Å². The van der Waals surface area contributed by atoms with Crippen molar-refractivity contribution in [1.29, 1.82) is 0 Å². The molecule has 1 rings (SSSR count). The Kier molecular flexibility index (Phi) is 4.52. The molecule has 0 spiro atoms. The molecule has 0 aliphatic carbocycles. The number of likely N-dealkylation sites (tertiary alicyclic amines) is 1. The lowest BCUT2D eigenvalue weighted by molar-refractivity contribution is -0.127. The van der Waals surface area contributed by atoms with E-state index >= 15 is 0 Å². The summed E-state index contributed by atoms with van der Waals surface area (Å²) in [5.41, 5.74) is -0.693. The first-order valence-electron chi connectivity index (χ1n) is 7.10. The van der Waals surface area contributed by atoms with Gasteiger partial charge in [-0.15, -0.1) is 0 Å². The zero-order valence-electron chi connectivity index (χ0n) is 13.0. The summed E-state index contributed by atoms with van der Waals surface area (Å²) in [5, 5.41) is 20.9. The van der Waals surface area contributed by atoms with E-state index in [-0.39, 0.29) is 11.0 Å². The highest BCUT2D eigenvalue weighted by Gasteiger charge is 2.41. The van der Waals surface area contributed by atoms with Gasteiger partial charge < -0.3 is 10.2 Å². The third kappa shape index (κ3) is 4.22. The second kappa shape index (κ2) is 5.10. The van der Waals surface area contributed by atoms with Gasteiger partial charge in [0.05, 0.1) is 11.7 Å². The Balaban J connectivity index is 2.59. The van der Waals surface area contributed by atoms with E-state index in [9.17, 15) is 10.2 Å². The quantitative estimate of drug-likeness (QED) is 0.798. The Hall–Kier alpha value is -0.120. The van der Waals surface area contributed by atoms with Gasteiger partial charge in [0.2, 0.25) is 0 Å². The SMILES string of the molecule is CC(C)(C)CC(O)C1(O)CCN(C(C)(C)C)CC1. The highest BCUT2D eigenvalue weighted by Crippen LogP contribution is 2.34. The summed E-state index contributed by atoms with van der Waals surface area (Å²) in [6, 6.07) is 0. The maximum Gasteiger partial charge on any atom is 0.0930 e. The Morgan fingerprint density at radius 2 is 1.50 bits per heavy atom. The van der Waals surface area contributed by atoms with Crippen molar-refractivity contribution in [3.8, 4) is 0 Å². The number of hydrogen-bond acceptors (Lipinski definition) is 3. The lowest BCUT2D eigenvalue weighted by Crippen LogP contribution is -2.56. The van der Waals surface area contributed by atoms with Gasteiger partial charge in [-0.25, -0.2) is 0 Å². The number of aliphatic hydroxyl groups excluding tert-OH is 1. The van der Waals surface area contributed by atoms with Gasteiger partial charge in [0.15, 0.2) is 0 Å². The fraction of sp³-hybridized carbons (Fsp3) is 1.00. The largest absolute Gasteiger partial charge is 0.390 e. The maximum absolute atomic E-state index is 10.6. The maximum atomic E-state index is 10.6. The Labute approximate surface area is 112 Å². The van der Waals surface area contributed by atoms with Crippen LogP contribution in [0.2, 0.25) is 0 Å². The van der Waals surface area contributed by atoms with E-state index < -0.39 is 11.7 Å². The molecule has 0 aromatic rings. The average Bonchev–Trinajstić information content (AvgIpc) is 2.14. The lowest BCUT2D eigenvalue weighted by Gasteiger charge is -2.46. The van der Waals surface area contributed by atoms with Gasteiger partial charge in [-0.2, -0.15) is 0 Å². The van der Waals surface area contributed by atoms with Crippen LogP contribution in [0.25, 0.3) is 0 Å². The van der Waals surface area contributed by atoms with Crippen LogP contribution in [0.5, 0.6) is 0 Å². The number of piperidine rings is 1. The Morgan fingerprint density at radius 3 is 1.83 bits per heavy atom. The molecule has 0 amide bonds. The van der Waals surface area contributed by atoms with Crippen LogP contribution in [0.3, 0.4) is 0 Å². The molecule has 1 aliphatic heterocycles. The van der Waals surface area contributed by atoms with Crippen molar-refractivity contribution < 1.29 is 10.2 Å². The molecule has 0 aromatic carbocycles. The zero-order valence-corrected chi connectivity index (χ0v) is 13.0. The van der Waals surface area contributed by atoms with Gasteiger partial charge in [0, 0.05) is 18.6 Å². The highest BCUT2D eigenvalue weighted by molar-refractivity contribution is 4.95. The van der Waals surface area contributed by atoms with Gasteiger partial charge in [-0.05, 0) is 45.4 Å². The Bertz CT molecular complexity index is 267. The lowest BCUT2D eigenvalue weighted by atomic mass is 9.77. The molecule has 0 bridgehead atoms. The van der Waals surface area contributed by atoms with Crippen molar-refractivity contribution in [2.45, 2.75) is 78.0 Å². The van der Waals surface area contributed by atoms with Crippen LogP contribution in [0.4, 0.5) is 0 Å². The summed E-state index contributed by atoms with van der Waals surface area (Å²) in [6.45, 7) is 14.6. The molecule has 0 radical (unpaired) electrons. The Morgan fingerprint density at radius 1 is 1.06 bits per heavy atom. The molecule has 108 valence electrons. The smallest absolute Gasteiger partial charge is 0.0930 e. The molecule has 18 heavy (non-hydrogen) atoms. The standard InChI is InChI=1S/C15H31NO2/c1-13(2,3)11-12(17)15(18)7-9-16(10-8-15)14(4,5)6/h12,17-18H,7-11H2,1-6H3. The second-order valence-electron chi connectivity index (χ2n) is 8.04. The average molecular weight is 257 g/mol. The number of rotatable bonds is 2. The van der Waals surface area contributed by atoms with Crippen LogP contribution in [0, 0.1) is 5.41 Å². The van der Waals surface area contributed by atoms with Gasteiger partial charge in [0.1, 0.15) is 0 Å². The molecule has 1 aliphatic rings. The summed E-state index contributed by atoms with van der Waals surface area (Å²) in [5.74, 6) is 0. The molecule has 3 heteroatoms. The van der Waals surface area contributed by atoms with Crippen molar-refractivity contribution >= 4 is 0 Å². The van der Waals surface area contributed by atoms with Crippen LogP contribution < -0.4 is 0 Å². The summed E-state index contributed by atoms with van der Waals surface area (Å²) < 4.78 is 0. The van der Waals surface area contributed by atoms with Gasteiger partial charge in [-0.3, -0.25) is 4.90 Å². The third-order valence-corrected chi connectivity index (χ3v) is 4.00. The van der Waals surface area contributed by atoms with E-state index in [1.54, 1.807) is 0 Å². The zero-order chi connectivity index (χ0) is 14.2. The first-order chi connectivity index (χ1) is 7.94. The van der Waals surface area contributed by atoms with Crippen LogP contribution in [-0.4, -0.2) is 45.4 Å². The monoisotopic (exact) mass is 257 g/mol. The van der Waals surface area contributed by atoms with Crippen LogP contribution in [-0.2, 0) is 0 Å². The molecule has 1 unspecified atom stereocenters. The minimum absolute atomic E-state index is 0.0519. The fourth-order valence-electron chi connectivity index (χ4n) is 2.67. The molecule has 3 nitrogen and oxygen atoms in total. The fourth-order valence-corrected chi connectivity index (χ4v) is 2.67. The van der Waals surface area contributed by atoms with Gasteiger partial charge >= 0.3 is 0 Å². The van der Waals surface area contributed by atoms with E-state index in [1.807, 2.05) is 0 Å². The highest BCUT2D eigenvalue weighted by atomic mass is 16.3. The predicted molar refractivity (Wildman–Crippen MR) is 75.6 cm³/mol. The van der Waals surface area contributed by atoms with Crippen molar-refractivity contribution in [3.63, 3.8) is 0 Å². The minimum Gasteiger partial charge on any atom is -0.390 e. The second-order valence-corrected chi connectivity index (χ2v) is 8.04. The van der Waals surface area contributed by atoms with E-state index in [1.165, 1.54) is 0 Å². The summed E-state index contributed by atoms with van der Waals surface area (Å²) in [4.78, 5) is 2.38. The molecular weight excluding hydrogens is 226 g/mol. The van der Waals surface area contributed by atoms with Crippen molar-refractivity contribution in [1.82, 2.24) is 4.90 Å². The van der Waals surface area contributed by atoms with Crippen LogP contribution in [0.1, 0.15) is 60.8 Å². The molecule has 1 atom stereocenters. The molecule has 1 heterocycles. The van der Waals surface area contributed by atoms with Crippen molar-refractivity contribution in [2.75, 3.05) is 13.1 Å². The number of aliphatic hydroxyl groups is 2. The van der Waals surface area contributed by atoms with E-state index in [0.29, 0.717) is 19.3 Å². The van der Waals surface area contributed by atoms with Crippen LogP contribution >= 0.6 is 0 Å². The van der Waals surface area contributed by atoms with E-state index in [4.69, 9.17) is 0 Å². The molecule has 0 saturated carbocycles. The molecule has 1 fully saturated rings. The first kappa shape index (κ1) is 15.9. The molecule has 0 aromatic heterocycles. The summed E-state index contributed by atoms with van der Waals surface area (Å²) in [6.07, 6.45) is 1.38. The molecular formula is C15H31NO2. The van der Waals surface area contributed by atoms with E-state index in [2.05, 4.69) is 46.4 Å². The normalized spacial score (nSPS) is 24.0. The summed E-state index contributed by atoms with van der Waals surface area (Å²) >= 11 is 0. The third-order valence-electron chi connectivity index (χ3n) is 4.00. The van der Waals surface area contributed by atoms with Crippen molar-refractivity contribution in [2.24, 2.45) is 5.41 Å². The number of nitrogens with zero attached hydrogens (tertiary/aromatic N) is 1. The molecule has 1 saturated heterocycles. The predicted octanol–water partition coefficient (Wildman–Crippen LogP) is 2.41. The summed E-state index contributed by atoms with van der Waals surface area (Å²) in [7, 11) is 0. The van der Waals surface area contributed by atoms with Gasteiger partial charge in [0.25, 0.3) is 0 Å². The van der Waals surface area contributed by atoms with Crippen molar-refractivity contribution in [3.05, 3.63) is 0 Å². The topological polar surface area (TPSA) is 43.7 Å². The number of hydrogen-bond donors (Lipinski definition) is 2. The van der Waals surface area contributed by atoms with Gasteiger partial charge in [-0.1, -0.05) is 20.8 Å². The van der Waals surface area contributed by atoms with Crippen LogP contribution in [0.15, 0.2) is 0 Å². The molecule has 2 N–H and O–H groups in total. The first-order valence-corrected chi connectivity index (χ1v) is 7.10.